The number of carbonyl (C=O) groups is 2. The molecule has 6 heteroatoms. The first-order valence-electron chi connectivity index (χ1n) is 12.0. The minimum atomic E-state index is -0.337. The van der Waals surface area contributed by atoms with Crippen molar-refractivity contribution in [2.75, 3.05) is 32.7 Å². The number of aryl methyl sites for hydroxylation is 3. The van der Waals surface area contributed by atoms with Crippen LogP contribution in [0.3, 0.4) is 0 Å². The Morgan fingerprint density at radius 1 is 1.03 bits per heavy atom. The van der Waals surface area contributed by atoms with Crippen LogP contribution in [-0.2, 0) is 17.8 Å². The van der Waals surface area contributed by atoms with Crippen molar-refractivity contribution in [3.63, 3.8) is 0 Å². The Bertz CT molecular complexity index is 1050. The van der Waals surface area contributed by atoms with Crippen LogP contribution in [0.25, 0.3) is 0 Å². The Labute approximate surface area is 196 Å². The van der Waals surface area contributed by atoms with Gasteiger partial charge in [0.15, 0.2) is 0 Å². The van der Waals surface area contributed by atoms with Gasteiger partial charge in [-0.3, -0.25) is 9.59 Å². The molecule has 0 radical (unpaired) electrons. The molecule has 1 fully saturated rings. The third-order valence-corrected chi connectivity index (χ3v) is 7.14. The maximum Gasteiger partial charge on any atom is 0.251 e. The van der Waals surface area contributed by atoms with Gasteiger partial charge in [-0.05, 0) is 92.6 Å². The summed E-state index contributed by atoms with van der Waals surface area (Å²) in [7, 11) is 0. The van der Waals surface area contributed by atoms with Crippen molar-refractivity contribution in [2.45, 2.75) is 46.6 Å². The van der Waals surface area contributed by atoms with E-state index in [2.05, 4.69) is 36.2 Å². The zero-order valence-electron chi connectivity index (χ0n) is 19.9. The van der Waals surface area contributed by atoms with E-state index in [1.165, 1.54) is 40.5 Å². The summed E-state index contributed by atoms with van der Waals surface area (Å²) in [6.07, 6.45) is 2.84. The summed E-state index contributed by atoms with van der Waals surface area (Å²) in [6.45, 7) is 10.4. The number of halogens is 1. The van der Waals surface area contributed by atoms with Crippen molar-refractivity contribution < 1.29 is 14.0 Å². The van der Waals surface area contributed by atoms with Crippen LogP contribution in [0.2, 0.25) is 0 Å². The standard InChI is InChI=1S/C27H34FN3O2/c1-18-13-21-8-11-31(17-23(21)14-19(18)2)27(33)22-5-4-10-30(16-22)12-9-29-26(32)25-7-6-24(28)15-20(25)3/h6-7,13-15,22H,4-5,8-12,16-17H2,1-3H3,(H,29,32). The lowest BCUT2D eigenvalue weighted by Crippen LogP contribution is -2.47. The first-order valence-corrected chi connectivity index (χ1v) is 12.0. The highest BCUT2D eigenvalue weighted by molar-refractivity contribution is 5.95. The van der Waals surface area contributed by atoms with E-state index in [1.54, 1.807) is 6.92 Å². The molecule has 0 aromatic heterocycles. The molecule has 5 nitrogen and oxygen atoms in total. The van der Waals surface area contributed by atoms with Gasteiger partial charge in [0.1, 0.15) is 5.82 Å². The molecule has 4 rings (SSSR count). The molecule has 0 aliphatic carbocycles. The molecule has 2 heterocycles. The van der Waals surface area contributed by atoms with Crippen molar-refractivity contribution >= 4 is 11.8 Å². The van der Waals surface area contributed by atoms with Gasteiger partial charge in [0.2, 0.25) is 5.91 Å². The van der Waals surface area contributed by atoms with Gasteiger partial charge in [0, 0.05) is 38.3 Å². The summed E-state index contributed by atoms with van der Waals surface area (Å²) in [4.78, 5) is 30.0. The Morgan fingerprint density at radius 3 is 2.55 bits per heavy atom. The van der Waals surface area contributed by atoms with E-state index >= 15 is 0 Å². The van der Waals surface area contributed by atoms with Crippen molar-refractivity contribution in [3.8, 4) is 0 Å². The van der Waals surface area contributed by atoms with Crippen molar-refractivity contribution in [3.05, 3.63) is 69.5 Å². The molecule has 0 spiro atoms. The van der Waals surface area contributed by atoms with Gasteiger partial charge in [-0.2, -0.15) is 0 Å². The smallest absolute Gasteiger partial charge is 0.251 e. The van der Waals surface area contributed by atoms with Gasteiger partial charge in [-0.25, -0.2) is 4.39 Å². The number of nitrogens with zero attached hydrogens (tertiary/aromatic N) is 2. The van der Waals surface area contributed by atoms with Gasteiger partial charge in [0.25, 0.3) is 5.91 Å². The second-order valence-electron chi connectivity index (χ2n) is 9.57. The highest BCUT2D eigenvalue weighted by Gasteiger charge is 2.31. The molecule has 2 aromatic carbocycles. The lowest BCUT2D eigenvalue weighted by Gasteiger charge is -2.37. The largest absolute Gasteiger partial charge is 0.351 e. The summed E-state index contributed by atoms with van der Waals surface area (Å²) in [6, 6.07) is 8.72. The molecule has 176 valence electrons. The summed E-state index contributed by atoms with van der Waals surface area (Å²) in [5.74, 6) is -0.249. The molecule has 0 bridgehead atoms. The molecule has 2 aromatic rings. The highest BCUT2D eigenvalue weighted by Crippen LogP contribution is 2.26. The van der Waals surface area contributed by atoms with Crippen molar-refractivity contribution in [1.82, 2.24) is 15.1 Å². The fourth-order valence-electron chi connectivity index (χ4n) is 5.07. The summed E-state index contributed by atoms with van der Waals surface area (Å²) >= 11 is 0. The minimum Gasteiger partial charge on any atom is -0.351 e. The van der Waals surface area contributed by atoms with Gasteiger partial charge in [-0.1, -0.05) is 12.1 Å². The number of rotatable bonds is 5. The maximum absolute atomic E-state index is 13.3. The van der Waals surface area contributed by atoms with Crippen LogP contribution in [0.1, 0.15) is 51.0 Å². The SMILES string of the molecule is Cc1cc2c(cc1C)CN(C(=O)C1CCCN(CCNC(=O)c3ccc(F)cc3C)C1)CC2. The molecule has 2 aliphatic rings. The Morgan fingerprint density at radius 2 is 1.79 bits per heavy atom. The van der Waals surface area contributed by atoms with Crippen LogP contribution in [0.15, 0.2) is 30.3 Å². The van der Waals surface area contributed by atoms with Gasteiger partial charge >= 0.3 is 0 Å². The highest BCUT2D eigenvalue weighted by atomic mass is 19.1. The van der Waals surface area contributed by atoms with Crippen LogP contribution in [0, 0.1) is 32.5 Å². The third kappa shape index (κ3) is 5.44. The number of amides is 2. The topological polar surface area (TPSA) is 52.7 Å². The Kier molecular flexibility index (Phi) is 7.13. The normalized spacial score (nSPS) is 18.7. The molecule has 1 N–H and O–H groups in total. The number of piperidine rings is 1. The lowest BCUT2D eigenvalue weighted by molar-refractivity contribution is -0.138. The van der Waals surface area contributed by atoms with Gasteiger partial charge < -0.3 is 15.1 Å². The average Bonchev–Trinajstić information content (AvgIpc) is 2.79. The van der Waals surface area contributed by atoms with E-state index in [-0.39, 0.29) is 23.5 Å². The molecule has 1 atom stereocenters. The molecular formula is C27H34FN3O2. The van der Waals surface area contributed by atoms with E-state index in [1.807, 2.05) is 4.90 Å². The average molecular weight is 452 g/mol. The molecular weight excluding hydrogens is 417 g/mol. The second kappa shape index (κ2) is 10.0. The minimum absolute atomic E-state index is 0.0156. The van der Waals surface area contributed by atoms with Crippen LogP contribution < -0.4 is 5.32 Å². The Hall–Kier alpha value is -2.73. The fourth-order valence-corrected chi connectivity index (χ4v) is 5.07. The van der Waals surface area contributed by atoms with E-state index in [0.717, 1.165) is 38.9 Å². The molecule has 0 saturated carbocycles. The zero-order valence-corrected chi connectivity index (χ0v) is 19.9. The fraction of sp³-hybridized carbons (Fsp3) is 0.481. The zero-order chi connectivity index (χ0) is 23.5. The number of benzene rings is 2. The summed E-state index contributed by atoms with van der Waals surface area (Å²) < 4.78 is 13.3. The van der Waals surface area contributed by atoms with E-state index in [0.29, 0.717) is 30.8 Å². The number of nitrogens with one attached hydrogen (secondary N) is 1. The summed E-state index contributed by atoms with van der Waals surface area (Å²) in [5.41, 5.74) is 6.38. The van der Waals surface area contributed by atoms with E-state index in [4.69, 9.17) is 0 Å². The van der Waals surface area contributed by atoms with Crippen LogP contribution >= 0.6 is 0 Å². The van der Waals surface area contributed by atoms with Gasteiger partial charge in [-0.15, -0.1) is 0 Å². The summed E-state index contributed by atoms with van der Waals surface area (Å²) in [5, 5.41) is 2.94. The molecule has 2 aliphatic heterocycles. The quantitative estimate of drug-likeness (QED) is 0.753. The molecule has 33 heavy (non-hydrogen) atoms. The predicted octanol–water partition coefficient (Wildman–Crippen LogP) is 3.78. The lowest BCUT2D eigenvalue weighted by atomic mass is 9.92. The van der Waals surface area contributed by atoms with Crippen LogP contribution in [-0.4, -0.2) is 54.3 Å². The first kappa shape index (κ1) is 23.4. The Balaban J connectivity index is 1.29. The van der Waals surface area contributed by atoms with E-state index < -0.39 is 0 Å². The van der Waals surface area contributed by atoms with Crippen molar-refractivity contribution in [1.29, 1.82) is 0 Å². The number of hydrogen-bond acceptors (Lipinski definition) is 3. The maximum atomic E-state index is 13.3. The molecule has 1 saturated heterocycles. The van der Waals surface area contributed by atoms with Crippen LogP contribution in [0.4, 0.5) is 4.39 Å². The number of hydrogen-bond donors (Lipinski definition) is 1. The number of carbonyl (C=O) groups excluding carboxylic acids is 2. The molecule has 1 unspecified atom stereocenters. The predicted molar refractivity (Wildman–Crippen MR) is 128 cm³/mol. The molecule has 2 amide bonds. The third-order valence-electron chi connectivity index (χ3n) is 7.14. The van der Waals surface area contributed by atoms with E-state index in [9.17, 15) is 14.0 Å². The monoisotopic (exact) mass is 451 g/mol. The van der Waals surface area contributed by atoms with Gasteiger partial charge in [0.05, 0.1) is 5.92 Å². The van der Waals surface area contributed by atoms with Crippen LogP contribution in [0.5, 0.6) is 0 Å². The second-order valence-corrected chi connectivity index (χ2v) is 9.57. The van der Waals surface area contributed by atoms with Crippen molar-refractivity contribution in [2.24, 2.45) is 5.92 Å². The number of fused-ring (bicyclic) bond motifs is 1. The first-order chi connectivity index (χ1) is 15.8. The number of likely N-dealkylation sites (tertiary alicyclic amines) is 1.